The summed E-state index contributed by atoms with van der Waals surface area (Å²) in [6.07, 6.45) is 7.11. The van der Waals surface area contributed by atoms with Crippen LogP contribution in [0.15, 0.2) is 9.52 Å². The Morgan fingerprint density at radius 2 is 2.00 bits per heavy atom. The van der Waals surface area contributed by atoms with Crippen LogP contribution < -0.4 is 5.32 Å². The molecule has 6 heteroatoms. The highest BCUT2D eigenvalue weighted by Crippen LogP contribution is 2.35. The van der Waals surface area contributed by atoms with Gasteiger partial charge in [0.25, 0.3) is 0 Å². The minimum absolute atomic E-state index is 0.705. The van der Waals surface area contributed by atoms with E-state index in [0.717, 1.165) is 43.0 Å². The van der Waals surface area contributed by atoms with Gasteiger partial charge in [-0.2, -0.15) is 4.98 Å². The Hall–Kier alpha value is -1.59. The molecule has 1 N–H and O–H groups in total. The Morgan fingerprint density at radius 1 is 1.26 bits per heavy atom. The molecule has 0 radical (unpaired) electrons. The van der Waals surface area contributed by atoms with Crippen LogP contribution in [-0.4, -0.2) is 47.2 Å². The van der Waals surface area contributed by atoms with E-state index in [9.17, 15) is 0 Å². The fourth-order valence-electron chi connectivity index (χ4n) is 3.80. The van der Waals surface area contributed by atoms with Crippen LogP contribution in [0.4, 0.5) is 0 Å². The van der Waals surface area contributed by atoms with Gasteiger partial charge in [-0.05, 0) is 31.6 Å². The SMILES string of the molecule is CCNC(=NCCc1noc(CC)n1)N1CC2CCCCC2C1. The van der Waals surface area contributed by atoms with Crippen molar-refractivity contribution < 1.29 is 4.52 Å². The molecule has 0 aromatic carbocycles. The number of nitrogens with zero attached hydrogens (tertiary/aromatic N) is 4. The Morgan fingerprint density at radius 3 is 2.61 bits per heavy atom. The summed E-state index contributed by atoms with van der Waals surface area (Å²) in [5, 5.41) is 7.45. The monoisotopic (exact) mass is 319 g/mol. The van der Waals surface area contributed by atoms with Gasteiger partial charge >= 0.3 is 0 Å². The molecule has 2 atom stereocenters. The van der Waals surface area contributed by atoms with Crippen LogP contribution in [0.1, 0.15) is 51.2 Å². The van der Waals surface area contributed by atoms with Crippen LogP contribution >= 0.6 is 0 Å². The Labute approximate surface area is 138 Å². The predicted molar refractivity (Wildman–Crippen MR) is 90.4 cm³/mol. The van der Waals surface area contributed by atoms with Crippen molar-refractivity contribution in [2.45, 2.75) is 52.4 Å². The summed E-state index contributed by atoms with van der Waals surface area (Å²) in [4.78, 5) is 11.6. The van der Waals surface area contributed by atoms with E-state index in [0.29, 0.717) is 12.4 Å². The maximum Gasteiger partial charge on any atom is 0.226 e. The van der Waals surface area contributed by atoms with E-state index in [-0.39, 0.29) is 0 Å². The highest BCUT2D eigenvalue weighted by atomic mass is 16.5. The maximum atomic E-state index is 5.15. The Balaban J connectivity index is 1.57. The Kier molecular flexibility index (Phi) is 5.51. The summed E-state index contributed by atoms with van der Waals surface area (Å²) < 4.78 is 5.15. The van der Waals surface area contributed by atoms with E-state index >= 15 is 0 Å². The van der Waals surface area contributed by atoms with Crippen molar-refractivity contribution in [3.05, 3.63) is 11.7 Å². The van der Waals surface area contributed by atoms with Crippen LogP contribution in [-0.2, 0) is 12.8 Å². The molecule has 6 nitrogen and oxygen atoms in total. The molecule has 3 rings (SSSR count). The van der Waals surface area contributed by atoms with Gasteiger partial charge < -0.3 is 14.7 Å². The van der Waals surface area contributed by atoms with Gasteiger partial charge in [0, 0.05) is 39.0 Å². The molecule has 1 aliphatic carbocycles. The molecule has 1 saturated carbocycles. The number of guanidine groups is 1. The molecule has 2 aliphatic rings. The Bertz CT molecular complexity index is 513. The maximum absolute atomic E-state index is 5.15. The smallest absolute Gasteiger partial charge is 0.226 e. The van der Waals surface area contributed by atoms with Gasteiger partial charge in [0.2, 0.25) is 5.89 Å². The van der Waals surface area contributed by atoms with E-state index < -0.39 is 0 Å². The largest absolute Gasteiger partial charge is 0.357 e. The second-order valence-corrected chi connectivity index (χ2v) is 6.65. The lowest BCUT2D eigenvalue weighted by molar-refractivity contribution is 0.299. The highest BCUT2D eigenvalue weighted by molar-refractivity contribution is 5.80. The molecular weight excluding hydrogens is 290 g/mol. The van der Waals surface area contributed by atoms with Gasteiger partial charge in [0.15, 0.2) is 11.8 Å². The molecule has 1 aliphatic heterocycles. The van der Waals surface area contributed by atoms with Crippen molar-refractivity contribution >= 4 is 5.96 Å². The summed E-state index contributed by atoms with van der Waals surface area (Å²) in [5.74, 6) is 4.27. The van der Waals surface area contributed by atoms with Crippen molar-refractivity contribution in [2.24, 2.45) is 16.8 Å². The van der Waals surface area contributed by atoms with Crippen LogP contribution in [0.5, 0.6) is 0 Å². The first-order valence-corrected chi connectivity index (χ1v) is 9.14. The zero-order chi connectivity index (χ0) is 16.1. The van der Waals surface area contributed by atoms with E-state index in [1.165, 1.54) is 38.8 Å². The van der Waals surface area contributed by atoms with Crippen LogP contribution in [0, 0.1) is 11.8 Å². The number of nitrogens with one attached hydrogen (secondary N) is 1. The first kappa shape index (κ1) is 16.3. The molecule has 2 heterocycles. The molecular formula is C17H29N5O. The van der Waals surface area contributed by atoms with Crippen LogP contribution in [0.2, 0.25) is 0 Å². The molecule has 1 saturated heterocycles. The van der Waals surface area contributed by atoms with Gasteiger partial charge in [0.1, 0.15) is 0 Å². The number of hydrogen-bond acceptors (Lipinski definition) is 4. The third kappa shape index (κ3) is 4.03. The summed E-state index contributed by atoms with van der Waals surface area (Å²) in [6.45, 7) is 8.10. The third-order valence-electron chi connectivity index (χ3n) is 5.02. The second kappa shape index (κ2) is 7.79. The van der Waals surface area contributed by atoms with Crippen molar-refractivity contribution in [2.75, 3.05) is 26.2 Å². The summed E-state index contributed by atoms with van der Waals surface area (Å²) in [7, 11) is 0. The van der Waals surface area contributed by atoms with Gasteiger partial charge in [-0.3, -0.25) is 4.99 Å². The number of aryl methyl sites for hydroxylation is 1. The van der Waals surface area contributed by atoms with Crippen LogP contribution in [0.3, 0.4) is 0 Å². The van der Waals surface area contributed by atoms with Gasteiger partial charge in [-0.1, -0.05) is 24.9 Å². The van der Waals surface area contributed by atoms with Crippen molar-refractivity contribution in [3.63, 3.8) is 0 Å². The summed E-state index contributed by atoms with van der Waals surface area (Å²) in [5.41, 5.74) is 0. The molecule has 2 unspecified atom stereocenters. The van der Waals surface area contributed by atoms with E-state index in [4.69, 9.17) is 9.52 Å². The van der Waals surface area contributed by atoms with Crippen molar-refractivity contribution in [1.82, 2.24) is 20.4 Å². The molecule has 0 amide bonds. The molecule has 0 bridgehead atoms. The van der Waals surface area contributed by atoms with Crippen LogP contribution in [0.25, 0.3) is 0 Å². The fraction of sp³-hybridized carbons (Fsp3) is 0.824. The first-order valence-electron chi connectivity index (χ1n) is 9.14. The zero-order valence-corrected chi connectivity index (χ0v) is 14.4. The quantitative estimate of drug-likeness (QED) is 0.666. The van der Waals surface area contributed by atoms with Gasteiger partial charge in [-0.25, -0.2) is 0 Å². The third-order valence-corrected chi connectivity index (χ3v) is 5.02. The topological polar surface area (TPSA) is 66.5 Å². The highest BCUT2D eigenvalue weighted by Gasteiger charge is 2.35. The second-order valence-electron chi connectivity index (χ2n) is 6.65. The van der Waals surface area contributed by atoms with Crippen molar-refractivity contribution in [3.8, 4) is 0 Å². The zero-order valence-electron chi connectivity index (χ0n) is 14.4. The molecule has 1 aromatic heterocycles. The average Bonchev–Trinajstić information content (AvgIpc) is 3.20. The number of rotatable bonds is 5. The van der Waals surface area contributed by atoms with Gasteiger partial charge in [-0.15, -0.1) is 0 Å². The van der Waals surface area contributed by atoms with E-state index in [1.54, 1.807) is 0 Å². The normalized spacial score (nSPS) is 24.8. The lowest BCUT2D eigenvalue weighted by Crippen LogP contribution is -2.40. The number of aromatic nitrogens is 2. The lowest BCUT2D eigenvalue weighted by atomic mass is 9.82. The number of aliphatic imine (C=N–C) groups is 1. The molecule has 128 valence electrons. The van der Waals surface area contributed by atoms with E-state index in [2.05, 4.69) is 27.3 Å². The lowest BCUT2D eigenvalue weighted by Gasteiger charge is -2.22. The molecule has 2 fully saturated rings. The van der Waals surface area contributed by atoms with Crippen molar-refractivity contribution in [1.29, 1.82) is 0 Å². The number of likely N-dealkylation sites (tertiary alicyclic amines) is 1. The minimum atomic E-state index is 0.705. The number of fused-ring (bicyclic) bond motifs is 1. The molecule has 1 aromatic rings. The summed E-state index contributed by atoms with van der Waals surface area (Å²) in [6, 6.07) is 0. The number of hydrogen-bond donors (Lipinski definition) is 1. The van der Waals surface area contributed by atoms with Gasteiger partial charge in [0.05, 0.1) is 0 Å². The average molecular weight is 319 g/mol. The fourth-order valence-corrected chi connectivity index (χ4v) is 3.80. The molecule has 23 heavy (non-hydrogen) atoms. The minimum Gasteiger partial charge on any atom is -0.357 e. The summed E-state index contributed by atoms with van der Waals surface area (Å²) >= 11 is 0. The standard InChI is InChI=1S/C17H29N5O/c1-3-16-20-15(21-23-16)9-10-19-17(18-4-2)22-11-13-7-5-6-8-14(13)12-22/h13-14H,3-12H2,1-2H3,(H,18,19). The van der Waals surface area contributed by atoms with E-state index in [1.807, 2.05) is 6.92 Å². The predicted octanol–water partition coefficient (Wildman–Crippen LogP) is 2.26. The first-order chi connectivity index (χ1) is 11.3. The molecule has 0 spiro atoms.